The maximum atomic E-state index is 5.23. The van der Waals surface area contributed by atoms with Crippen molar-refractivity contribution >= 4 is 5.71 Å². The van der Waals surface area contributed by atoms with Gasteiger partial charge in [0.25, 0.3) is 0 Å². The molecule has 0 radical (unpaired) electrons. The molecule has 1 saturated heterocycles. The molecule has 0 atom stereocenters. The zero-order chi connectivity index (χ0) is 8.23. The summed E-state index contributed by atoms with van der Waals surface area (Å²) >= 11 is 0. The van der Waals surface area contributed by atoms with Crippen LogP contribution in [-0.4, -0.2) is 23.6 Å². The van der Waals surface area contributed by atoms with E-state index >= 15 is 0 Å². The van der Waals surface area contributed by atoms with Crippen molar-refractivity contribution in [3.63, 3.8) is 0 Å². The molecule has 1 aliphatic rings. The minimum absolute atomic E-state index is 0.820. The molecule has 0 unspecified atom stereocenters. The summed E-state index contributed by atoms with van der Waals surface area (Å²) in [5, 5.41) is 4.43. The Morgan fingerprint density at radius 3 is 2.50 bits per heavy atom. The smallest absolute Gasteiger partial charge is 0.0519 e. The van der Waals surface area contributed by atoms with E-state index in [1.54, 1.807) is 0 Å². The molecule has 3 nitrogen and oxygen atoms in total. The second-order valence-electron chi connectivity index (χ2n) is 2.84. The molecule has 0 spiro atoms. The van der Waals surface area contributed by atoms with Crippen LogP contribution in [0.1, 0.15) is 12.8 Å². The summed E-state index contributed by atoms with van der Waals surface area (Å²) in [5.74, 6) is 0. The van der Waals surface area contributed by atoms with Gasteiger partial charge in [-0.3, -0.25) is 0 Å². The third-order valence-corrected chi connectivity index (χ3v) is 1.92. The number of hydrogen-bond acceptors (Lipinski definition) is 2. The van der Waals surface area contributed by atoms with E-state index < -0.39 is 0 Å². The normalized spacial score (nSPS) is 17.8. The third kappa shape index (κ3) is 1.74. The van der Waals surface area contributed by atoms with Gasteiger partial charge in [-0.05, 0) is 12.1 Å². The Labute approximate surface area is 71.6 Å². The summed E-state index contributed by atoms with van der Waals surface area (Å²) in [7, 11) is 0. The monoisotopic (exact) mass is 164 g/mol. The van der Waals surface area contributed by atoms with Crippen molar-refractivity contribution in [1.82, 2.24) is 4.68 Å². The van der Waals surface area contributed by atoms with Gasteiger partial charge in [-0.15, -0.1) is 0 Å². The topological polar surface area (TPSA) is 26.5 Å². The number of hydrogen-bond donors (Lipinski definition) is 0. The van der Waals surface area contributed by atoms with Crippen LogP contribution < -0.4 is 0 Å². The van der Waals surface area contributed by atoms with E-state index in [-0.39, 0.29) is 0 Å². The van der Waals surface area contributed by atoms with Gasteiger partial charge in [0.2, 0.25) is 0 Å². The number of ether oxygens (including phenoxy) is 1. The van der Waals surface area contributed by atoms with Gasteiger partial charge in [-0.2, -0.15) is 5.10 Å². The van der Waals surface area contributed by atoms with Gasteiger partial charge < -0.3 is 4.74 Å². The molecule has 64 valence electrons. The van der Waals surface area contributed by atoms with E-state index in [0.717, 1.165) is 26.1 Å². The highest BCUT2D eigenvalue weighted by Crippen LogP contribution is 2.03. The van der Waals surface area contributed by atoms with Crippen LogP contribution >= 0.6 is 0 Å². The Bertz CT molecular complexity index is 256. The van der Waals surface area contributed by atoms with Gasteiger partial charge in [0, 0.05) is 30.9 Å². The summed E-state index contributed by atoms with van der Waals surface area (Å²) < 4.78 is 7.08. The lowest BCUT2D eigenvalue weighted by atomic mass is 10.2. The third-order valence-electron chi connectivity index (χ3n) is 1.92. The zero-order valence-electron chi connectivity index (χ0n) is 6.94. The van der Waals surface area contributed by atoms with Crippen LogP contribution in [0.5, 0.6) is 0 Å². The Balaban J connectivity index is 2.07. The molecule has 1 aromatic rings. The van der Waals surface area contributed by atoms with Crippen LogP contribution in [-0.2, 0) is 4.74 Å². The SMILES string of the molecule is c1ccn(N=C2CCOCC2)c1. The summed E-state index contributed by atoms with van der Waals surface area (Å²) in [5.41, 5.74) is 1.23. The van der Waals surface area contributed by atoms with Crippen molar-refractivity contribution in [2.75, 3.05) is 13.2 Å². The Hall–Kier alpha value is -1.09. The van der Waals surface area contributed by atoms with Crippen molar-refractivity contribution in [2.45, 2.75) is 12.8 Å². The van der Waals surface area contributed by atoms with E-state index in [1.807, 2.05) is 29.2 Å². The van der Waals surface area contributed by atoms with Gasteiger partial charge >= 0.3 is 0 Å². The number of nitrogens with zero attached hydrogens (tertiary/aromatic N) is 2. The fraction of sp³-hybridized carbons (Fsp3) is 0.444. The lowest BCUT2D eigenvalue weighted by Gasteiger charge is -2.12. The zero-order valence-corrected chi connectivity index (χ0v) is 6.94. The first-order valence-corrected chi connectivity index (χ1v) is 4.22. The molecule has 1 aliphatic heterocycles. The Kier molecular flexibility index (Phi) is 2.23. The summed E-state index contributed by atoms with van der Waals surface area (Å²) in [6.45, 7) is 1.64. The summed E-state index contributed by atoms with van der Waals surface area (Å²) in [6, 6.07) is 3.95. The highest BCUT2D eigenvalue weighted by Gasteiger charge is 2.06. The van der Waals surface area contributed by atoms with Gasteiger partial charge in [0.1, 0.15) is 0 Å². The van der Waals surface area contributed by atoms with Crippen LogP contribution in [0, 0.1) is 0 Å². The largest absolute Gasteiger partial charge is 0.381 e. The van der Waals surface area contributed by atoms with Crippen LogP contribution in [0.2, 0.25) is 0 Å². The molecule has 0 N–H and O–H groups in total. The minimum atomic E-state index is 0.820. The Morgan fingerprint density at radius 1 is 1.17 bits per heavy atom. The molecule has 3 heteroatoms. The molecule has 0 aromatic carbocycles. The standard InChI is InChI=1S/C9H12N2O/c1-2-6-11(5-1)10-9-3-7-12-8-4-9/h1-2,5-6H,3-4,7-8H2. The summed E-state index contributed by atoms with van der Waals surface area (Å²) in [4.78, 5) is 0. The average molecular weight is 164 g/mol. The highest BCUT2D eigenvalue weighted by molar-refractivity contribution is 5.85. The van der Waals surface area contributed by atoms with Crippen LogP contribution in [0.15, 0.2) is 29.6 Å². The quantitative estimate of drug-likeness (QED) is 0.617. The highest BCUT2D eigenvalue weighted by atomic mass is 16.5. The lowest BCUT2D eigenvalue weighted by Crippen LogP contribution is -2.15. The van der Waals surface area contributed by atoms with Crippen molar-refractivity contribution < 1.29 is 4.74 Å². The van der Waals surface area contributed by atoms with Crippen molar-refractivity contribution in [1.29, 1.82) is 0 Å². The maximum Gasteiger partial charge on any atom is 0.0519 e. The lowest BCUT2D eigenvalue weighted by molar-refractivity contribution is 0.134. The van der Waals surface area contributed by atoms with Crippen LogP contribution in [0.25, 0.3) is 0 Å². The molecule has 2 heterocycles. The molecule has 12 heavy (non-hydrogen) atoms. The van der Waals surface area contributed by atoms with Crippen LogP contribution in [0.3, 0.4) is 0 Å². The molecule has 1 aromatic heterocycles. The van der Waals surface area contributed by atoms with Gasteiger partial charge in [-0.25, -0.2) is 4.68 Å². The molecule has 0 amide bonds. The number of rotatable bonds is 1. The first kappa shape index (κ1) is 7.55. The van der Waals surface area contributed by atoms with Crippen molar-refractivity contribution in [2.24, 2.45) is 5.10 Å². The van der Waals surface area contributed by atoms with Crippen molar-refractivity contribution in [3.05, 3.63) is 24.5 Å². The minimum Gasteiger partial charge on any atom is -0.381 e. The molecule has 0 saturated carbocycles. The fourth-order valence-electron chi connectivity index (χ4n) is 1.26. The Morgan fingerprint density at radius 2 is 1.83 bits per heavy atom. The fourth-order valence-corrected chi connectivity index (χ4v) is 1.26. The molecular weight excluding hydrogens is 152 g/mol. The van der Waals surface area contributed by atoms with E-state index in [1.165, 1.54) is 5.71 Å². The average Bonchev–Trinajstić information content (AvgIpc) is 2.59. The van der Waals surface area contributed by atoms with E-state index in [4.69, 9.17) is 4.74 Å². The first-order chi connectivity index (χ1) is 5.95. The van der Waals surface area contributed by atoms with Crippen molar-refractivity contribution in [3.8, 4) is 0 Å². The van der Waals surface area contributed by atoms with E-state index in [9.17, 15) is 0 Å². The van der Waals surface area contributed by atoms with Gasteiger partial charge in [0.15, 0.2) is 0 Å². The van der Waals surface area contributed by atoms with Gasteiger partial charge in [0.05, 0.1) is 13.2 Å². The molecule has 0 bridgehead atoms. The van der Waals surface area contributed by atoms with Crippen LogP contribution in [0.4, 0.5) is 0 Å². The maximum absolute atomic E-state index is 5.23. The molecular formula is C9H12N2O. The first-order valence-electron chi connectivity index (χ1n) is 4.22. The number of aromatic nitrogens is 1. The predicted molar refractivity (Wildman–Crippen MR) is 47.3 cm³/mol. The summed E-state index contributed by atoms with van der Waals surface area (Å²) in [6.07, 6.45) is 5.83. The van der Waals surface area contributed by atoms with E-state index in [0.29, 0.717) is 0 Å². The molecule has 2 rings (SSSR count). The molecule has 0 aliphatic carbocycles. The van der Waals surface area contributed by atoms with Gasteiger partial charge in [-0.1, -0.05) is 0 Å². The second kappa shape index (κ2) is 3.54. The molecule has 1 fully saturated rings. The van der Waals surface area contributed by atoms with E-state index in [2.05, 4.69) is 5.10 Å². The predicted octanol–water partition coefficient (Wildman–Crippen LogP) is 1.50. The second-order valence-corrected chi connectivity index (χ2v) is 2.84.